The molecule has 2 aromatic rings. The lowest BCUT2D eigenvalue weighted by Gasteiger charge is -2.14. The number of carbonyl (C=O) groups is 3. The molecule has 0 aromatic heterocycles. The molecule has 1 aliphatic rings. The molecule has 6 nitrogen and oxygen atoms in total. The monoisotopic (exact) mass is 520 g/mol. The van der Waals surface area contributed by atoms with Crippen LogP contribution in [-0.2, 0) is 14.3 Å². The number of Topliss-reactive ketones (excluding diaryl/α,β-unsaturated/α-hetero) is 2. The highest BCUT2D eigenvalue weighted by Gasteiger charge is 2.24. The second-order valence-electron chi connectivity index (χ2n) is 10.4. The molecule has 0 spiro atoms. The van der Waals surface area contributed by atoms with Crippen LogP contribution < -0.4 is 4.74 Å². The van der Waals surface area contributed by atoms with Crippen LogP contribution in [0, 0.1) is 17.8 Å². The van der Waals surface area contributed by atoms with Crippen molar-refractivity contribution >= 4 is 17.9 Å². The van der Waals surface area contributed by atoms with Gasteiger partial charge in [0.2, 0.25) is 5.78 Å². The zero-order chi connectivity index (χ0) is 27.3. The van der Waals surface area contributed by atoms with Crippen molar-refractivity contribution in [2.75, 3.05) is 19.8 Å². The van der Waals surface area contributed by atoms with Crippen LogP contribution in [0.3, 0.4) is 0 Å². The fraction of sp³-hybridized carbons (Fsp3) is 0.469. The van der Waals surface area contributed by atoms with E-state index in [4.69, 9.17) is 9.47 Å². The summed E-state index contributed by atoms with van der Waals surface area (Å²) in [5, 5.41) is 9.26. The van der Waals surface area contributed by atoms with E-state index in [1.165, 1.54) is 32.1 Å². The highest BCUT2D eigenvalue weighted by molar-refractivity contribution is 6.02. The second-order valence-corrected chi connectivity index (χ2v) is 10.4. The number of ketones is 2. The number of hydrogen-bond acceptors (Lipinski definition) is 6. The predicted molar refractivity (Wildman–Crippen MR) is 148 cm³/mol. The number of benzene rings is 2. The molecule has 204 valence electrons. The summed E-state index contributed by atoms with van der Waals surface area (Å²) in [5.41, 5.74) is 2.62. The van der Waals surface area contributed by atoms with Gasteiger partial charge in [-0.1, -0.05) is 56.3 Å². The number of unbranched alkanes of at least 4 members (excludes halogenated alkanes) is 1. The fourth-order valence-electron chi connectivity index (χ4n) is 4.97. The number of carbonyl (C=O) groups excluding carboxylic acids is 3. The van der Waals surface area contributed by atoms with Gasteiger partial charge in [-0.3, -0.25) is 9.59 Å². The van der Waals surface area contributed by atoms with E-state index in [0.717, 1.165) is 42.4 Å². The Morgan fingerprint density at radius 2 is 1.74 bits per heavy atom. The summed E-state index contributed by atoms with van der Waals surface area (Å²) < 4.78 is 11.5. The molecule has 0 bridgehead atoms. The van der Waals surface area contributed by atoms with Gasteiger partial charge < -0.3 is 19.4 Å². The molecule has 6 heteroatoms. The maximum absolute atomic E-state index is 12.7. The van der Waals surface area contributed by atoms with Gasteiger partial charge >= 0.3 is 0 Å². The van der Waals surface area contributed by atoms with Crippen LogP contribution in [0.5, 0.6) is 5.75 Å². The summed E-state index contributed by atoms with van der Waals surface area (Å²) >= 11 is 0. The van der Waals surface area contributed by atoms with E-state index in [9.17, 15) is 19.5 Å². The Morgan fingerprint density at radius 3 is 2.39 bits per heavy atom. The quantitative estimate of drug-likeness (QED) is 0.0696. The van der Waals surface area contributed by atoms with E-state index in [-0.39, 0.29) is 24.5 Å². The Labute approximate surface area is 226 Å². The van der Waals surface area contributed by atoms with Crippen LogP contribution in [0.25, 0.3) is 11.1 Å². The lowest BCUT2D eigenvalue weighted by molar-refractivity contribution is -0.127. The highest BCUT2D eigenvalue weighted by Crippen LogP contribution is 2.25. The molecule has 2 unspecified atom stereocenters. The van der Waals surface area contributed by atoms with Crippen molar-refractivity contribution in [3.8, 4) is 16.9 Å². The molecule has 0 amide bonds. The van der Waals surface area contributed by atoms with Crippen molar-refractivity contribution < 1.29 is 29.0 Å². The molecule has 38 heavy (non-hydrogen) atoms. The standard InChI is InChI=1S/C32H40O6/c1-23(20-29(22-33)32(36)24(2)34)21-31(35)28-10-8-26(9-11-28)27-12-14-30(15-13-27)38-18-4-3-6-25-7-5-17-37-19-16-25/h8-15,22-23,25,29,34H,2-7,16-21H2,1H3/t23-,25?,29?/m1/s1. The number of rotatable bonds is 15. The maximum atomic E-state index is 12.7. The third-order valence-corrected chi connectivity index (χ3v) is 7.22. The zero-order valence-electron chi connectivity index (χ0n) is 22.4. The number of ether oxygens (including phenoxy) is 2. The van der Waals surface area contributed by atoms with Crippen molar-refractivity contribution in [3.63, 3.8) is 0 Å². The molecule has 3 rings (SSSR count). The molecule has 0 radical (unpaired) electrons. The van der Waals surface area contributed by atoms with Gasteiger partial charge in [-0.05, 0) is 73.6 Å². The first kappa shape index (κ1) is 29.3. The van der Waals surface area contributed by atoms with Crippen molar-refractivity contribution in [1.82, 2.24) is 0 Å². The average Bonchev–Trinajstić information content (AvgIpc) is 3.20. The summed E-state index contributed by atoms with van der Waals surface area (Å²) in [7, 11) is 0. The van der Waals surface area contributed by atoms with Gasteiger partial charge in [0.25, 0.3) is 0 Å². The first-order valence-corrected chi connectivity index (χ1v) is 13.7. The summed E-state index contributed by atoms with van der Waals surface area (Å²) in [6.07, 6.45) is 8.03. The SMILES string of the molecule is C=C(O)C(=O)C(C=O)C[C@@H](C)CC(=O)c1ccc(-c2ccc(OCCCCC3CCCOCC3)cc2)cc1. The molecule has 0 saturated carbocycles. The Morgan fingerprint density at radius 1 is 1.05 bits per heavy atom. The lowest BCUT2D eigenvalue weighted by Crippen LogP contribution is -2.21. The van der Waals surface area contributed by atoms with Crippen LogP contribution in [-0.4, -0.2) is 42.8 Å². The molecule has 3 atom stereocenters. The van der Waals surface area contributed by atoms with Crippen LogP contribution in [0.2, 0.25) is 0 Å². The summed E-state index contributed by atoms with van der Waals surface area (Å²) in [6.45, 7) is 7.53. The van der Waals surface area contributed by atoms with Gasteiger partial charge in [-0.25, -0.2) is 0 Å². The van der Waals surface area contributed by atoms with E-state index >= 15 is 0 Å². The molecule has 0 aliphatic carbocycles. The van der Waals surface area contributed by atoms with Crippen LogP contribution in [0.1, 0.15) is 68.6 Å². The van der Waals surface area contributed by atoms with Gasteiger partial charge in [0.05, 0.1) is 12.5 Å². The Hall–Kier alpha value is -3.25. The van der Waals surface area contributed by atoms with Crippen LogP contribution in [0.4, 0.5) is 0 Å². The third kappa shape index (κ3) is 9.25. The fourth-order valence-corrected chi connectivity index (χ4v) is 4.97. The minimum atomic E-state index is -0.980. The smallest absolute Gasteiger partial charge is 0.206 e. The highest BCUT2D eigenvalue weighted by atomic mass is 16.5. The van der Waals surface area contributed by atoms with E-state index in [0.29, 0.717) is 18.5 Å². The van der Waals surface area contributed by atoms with Gasteiger partial charge in [0, 0.05) is 25.2 Å². The molecular weight excluding hydrogens is 480 g/mol. The summed E-state index contributed by atoms with van der Waals surface area (Å²) in [4.78, 5) is 35.7. The molecule has 1 aliphatic heterocycles. The first-order chi connectivity index (χ1) is 18.4. The van der Waals surface area contributed by atoms with Crippen molar-refractivity contribution in [2.45, 2.75) is 58.3 Å². The number of aliphatic hydroxyl groups is 1. The zero-order valence-corrected chi connectivity index (χ0v) is 22.4. The molecule has 2 aromatic carbocycles. The van der Waals surface area contributed by atoms with E-state index < -0.39 is 17.5 Å². The van der Waals surface area contributed by atoms with Crippen LogP contribution >= 0.6 is 0 Å². The lowest BCUT2D eigenvalue weighted by atomic mass is 9.88. The number of hydrogen-bond donors (Lipinski definition) is 1. The molecule has 1 heterocycles. The molecule has 1 saturated heterocycles. The molecule has 1 fully saturated rings. The number of aliphatic hydroxyl groups excluding tert-OH is 1. The van der Waals surface area contributed by atoms with E-state index in [1.54, 1.807) is 12.1 Å². The van der Waals surface area contributed by atoms with Crippen LogP contribution in [0.15, 0.2) is 60.9 Å². The van der Waals surface area contributed by atoms with Crippen molar-refractivity contribution in [1.29, 1.82) is 0 Å². The normalized spacial score (nSPS) is 17.1. The Balaban J connectivity index is 1.43. The minimum absolute atomic E-state index is 0.0555. The molecule has 1 N–H and O–H groups in total. The molecular formula is C32H40O6. The third-order valence-electron chi connectivity index (χ3n) is 7.22. The van der Waals surface area contributed by atoms with Gasteiger partial charge in [-0.2, -0.15) is 0 Å². The minimum Gasteiger partial charge on any atom is -0.505 e. The Bertz CT molecular complexity index is 1050. The maximum Gasteiger partial charge on any atom is 0.206 e. The number of allylic oxidation sites excluding steroid dienone is 1. The van der Waals surface area contributed by atoms with Crippen molar-refractivity contribution in [3.05, 3.63) is 66.4 Å². The Kier molecular flexibility index (Phi) is 11.7. The van der Waals surface area contributed by atoms with Gasteiger partial charge in [-0.15, -0.1) is 0 Å². The predicted octanol–water partition coefficient (Wildman–Crippen LogP) is 6.77. The van der Waals surface area contributed by atoms with Gasteiger partial charge in [0.1, 0.15) is 12.0 Å². The number of aldehydes is 1. The van der Waals surface area contributed by atoms with E-state index in [1.807, 2.05) is 43.3 Å². The topological polar surface area (TPSA) is 89.9 Å². The first-order valence-electron chi connectivity index (χ1n) is 13.7. The largest absolute Gasteiger partial charge is 0.505 e. The second kappa shape index (κ2) is 15.2. The summed E-state index contributed by atoms with van der Waals surface area (Å²) in [5.74, 6) is -0.909. The van der Waals surface area contributed by atoms with E-state index in [2.05, 4.69) is 6.58 Å². The van der Waals surface area contributed by atoms with Crippen molar-refractivity contribution in [2.24, 2.45) is 17.8 Å². The average molecular weight is 521 g/mol. The van der Waals surface area contributed by atoms with Gasteiger partial charge in [0.15, 0.2) is 11.5 Å². The summed E-state index contributed by atoms with van der Waals surface area (Å²) in [6, 6.07) is 15.4.